The summed E-state index contributed by atoms with van der Waals surface area (Å²) in [6.07, 6.45) is 3.91. The molecule has 152 valence electrons. The molecular formula is C20H26Cl2N4O2. The van der Waals surface area contributed by atoms with E-state index in [9.17, 15) is 4.79 Å². The minimum absolute atomic E-state index is 0. The summed E-state index contributed by atoms with van der Waals surface area (Å²) in [5, 5.41) is 6.08. The number of pyridine rings is 1. The highest BCUT2D eigenvalue weighted by molar-refractivity contribution is 5.96. The van der Waals surface area contributed by atoms with E-state index in [2.05, 4.69) is 15.6 Å². The molecule has 0 radical (unpaired) electrons. The van der Waals surface area contributed by atoms with Crippen LogP contribution in [0.2, 0.25) is 0 Å². The predicted molar refractivity (Wildman–Crippen MR) is 116 cm³/mol. The summed E-state index contributed by atoms with van der Waals surface area (Å²) in [6, 6.07) is 11.3. The molecule has 0 saturated carbocycles. The summed E-state index contributed by atoms with van der Waals surface area (Å²) in [5.41, 5.74) is 3.38. The molecule has 0 fully saturated rings. The summed E-state index contributed by atoms with van der Waals surface area (Å²) in [5.74, 6) is 0.423. The quantitative estimate of drug-likeness (QED) is 0.543. The van der Waals surface area contributed by atoms with E-state index in [0.717, 1.165) is 30.0 Å². The van der Waals surface area contributed by atoms with Crippen LogP contribution < -0.4 is 15.4 Å². The molecule has 0 atom stereocenters. The number of imidazole rings is 1. The normalized spacial score (nSPS) is 10.1. The van der Waals surface area contributed by atoms with Crippen LogP contribution in [0.5, 0.6) is 5.75 Å². The Hall–Kier alpha value is -2.28. The van der Waals surface area contributed by atoms with Crippen LogP contribution >= 0.6 is 24.8 Å². The zero-order chi connectivity index (χ0) is 18.4. The Morgan fingerprint density at radius 3 is 2.68 bits per heavy atom. The van der Waals surface area contributed by atoms with Gasteiger partial charge in [0.25, 0.3) is 5.91 Å². The van der Waals surface area contributed by atoms with Gasteiger partial charge in [-0.05, 0) is 37.2 Å². The van der Waals surface area contributed by atoms with Crippen LogP contribution in [0.15, 0.2) is 48.8 Å². The van der Waals surface area contributed by atoms with Gasteiger partial charge in [0.15, 0.2) is 0 Å². The highest BCUT2D eigenvalue weighted by Crippen LogP contribution is 2.19. The smallest absolute Gasteiger partial charge is 0.255 e. The Morgan fingerprint density at radius 1 is 1.14 bits per heavy atom. The fraction of sp³-hybridized carbons (Fsp3) is 0.300. The van der Waals surface area contributed by atoms with Crippen molar-refractivity contribution in [3.63, 3.8) is 0 Å². The minimum atomic E-state index is -0.135. The van der Waals surface area contributed by atoms with Gasteiger partial charge in [-0.3, -0.25) is 4.79 Å². The van der Waals surface area contributed by atoms with Crippen LogP contribution in [0.1, 0.15) is 28.5 Å². The van der Waals surface area contributed by atoms with E-state index in [1.54, 1.807) is 12.1 Å². The number of aryl methyl sites for hydroxylation is 1. The van der Waals surface area contributed by atoms with Crippen molar-refractivity contribution in [1.29, 1.82) is 0 Å². The van der Waals surface area contributed by atoms with Crippen molar-refractivity contribution >= 4 is 36.4 Å². The molecule has 3 aromatic rings. The van der Waals surface area contributed by atoms with E-state index in [-0.39, 0.29) is 30.7 Å². The molecule has 2 N–H and O–H groups in total. The molecule has 0 spiro atoms. The SMILES string of the molecule is CCNCCNC(=O)c1ccccc1OCc1cn2cccc(C)c2n1.Cl.Cl. The van der Waals surface area contributed by atoms with Crippen LogP contribution in [0.3, 0.4) is 0 Å². The van der Waals surface area contributed by atoms with Gasteiger partial charge in [0.2, 0.25) is 0 Å². The second kappa shape index (κ2) is 11.5. The average Bonchev–Trinajstić information content (AvgIpc) is 3.08. The third-order valence-corrected chi connectivity index (χ3v) is 4.07. The van der Waals surface area contributed by atoms with Crippen molar-refractivity contribution in [2.75, 3.05) is 19.6 Å². The number of hydrogen-bond donors (Lipinski definition) is 2. The maximum Gasteiger partial charge on any atom is 0.255 e. The first kappa shape index (κ1) is 23.8. The standard InChI is InChI=1S/C20H24N4O2.2ClH/c1-3-21-10-11-22-20(25)17-8-4-5-9-18(17)26-14-16-13-24-12-6-7-15(2)19(24)23-16;;/h4-9,12-13,21H,3,10-11,14H2,1-2H3,(H,22,25);2*1H. The molecule has 0 aliphatic heterocycles. The van der Waals surface area contributed by atoms with Gasteiger partial charge in [-0.25, -0.2) is 4.98 Å². The summed E-state index contributed by atoms with van der Waals surface area (Å²) in [7, 11) is 0. The number of rotatable bonds is 8. The van der Waals surface area contributed by atoms with E-state index in [0.29, 0.717) is 24.5 Å². The Morgan fingerprint density at radius 2 is 1.93 bits per heavy atom. The Labute approximate surface area is 177 Å². The van der Waals surface area contributed by atoms with Crippen molar-refractivity contribution in [3.8, 4) is 5.75 Å². The molecule has 8 heteroatoms. The van der Waals surface area contributed by atoms with Gasteiger partial charge in [0.05, 0.1) is 11.3 Å². The van der Waals surface area contributed by atoms with Crippen molar-refractivity contribution < 1.29 is 9.53 Å². The summed E-state index contributed by atoms with van der Waals surface area (Å²) in [6.45, 7) is 6.57. The van der Waals surface area contributed by atoms with Crippen molar-refractivity contribution in [2.45, 2.75) is 20.5 Å². The predicted octanol–water partition coefficient (Wildman–Crippen LogP) is 3.40. The van der Waals surface area contributed by atoms with Gasteiger partial charge in [-0.15, -0.1) is 24.8 Å². The lowest BCUT2D eigenvalue weighted by atomic mass is 10.2. The Balaban J connectivity index is 0.00000196. The molecule has 0 bridgehead atoms. The number of nitrogens with one attached hydrogen (secondary N) is 2. The number of aromatic nitrogens is 2. The van der Waals surface area contributed by atoms with Gasteiger partial charge >= 0.3 is 0 Å². The number of amides is 1. The van der Waals surface area contributed by atoms with Gasteiger partial charge < -0.3 is 19.8 Å². The molecule has 1 aromatic carbocycles. The third kappa shape index (κ3) is 5.86. The van der Waals surface area contributed by atoms with E-state index in [4.69, 9.17) is 4.74 Å². The number of carbonyl (C=O) groups excluding carboxylic acids is 1. The minimum Gasteiger partial charge on any atom is -0.486 e. The van der Waals surface area contributed by atoms with Gasteiger partial charge in [0.1, 0.15) is 18.0 Å². The number of fused-ring (bicyclic) bond motifs is 1. The van der Waals surface area contributed by atoms with E-state index >= 15 is 0 Å². The second-order valence-electron chi connectivity index (χ2n) is 6.05. The molecule has 0 saturated heterocycles. The second-order valence-corrected chi connectivity index (χ2v) is 6.05. The number of ether oxygens (including phenoxy) is 1. The van der Waals surface area contributed by atoms with Crippen LogP contribution in [-0.2, 0) is 6.61 Å². The number of nitrogens with zero attached hydrogens (tertiary/aromatic N) is 2. The van der Waals surface area contributed by atoms with Gasteiger partial charge in [-0.2, -0.15) is 0 Å². The van der Waals surface area contributed by atoms with Crippen molar-refractivity contribution in [2.24, 2.45) is 0 Å². The van der Waals surface area contributed by atoms with Gasteiger partial charge in [-0.1, -0.05) is 25.1 Å². The van der Waals surface area contributed by atoms with Crippen LogP contribution in [0.4, 0.5) is 0 Å². The summed E-state index contributed by atoms with van der Waals surface area (Å²) in [4.78, 5) is 17.0. The lowest BCUT2D eigenvalue weighted by molar-refractivity contribution is 0.0949. The molecule has 6 nitrogen and oxygen atoms in total. The monoisotopic (exact) mass is 424 g/mol. The fourth-order valence-electron chi connectivity index (χ4n) is 2.74. The highest BCUT2D eigenvalue weighted by atomic mass is 35.5. The van der Waals surface area contributed by atoms with Crippen LogP contribution in [-0.4, -0.2) is 34.9 Å². The average molecular weight is 425 g/mol. The van der Waals surface area contributed by atoms with Gasteiger partial charge in [0, 0.05) is 25.5 Å². The number of halogens is 2. The molecule has 1 amide bonds. The zero-order valence-electron chi connectivity index (χ0n) is 16.0. The maximum atomic E-state index is 12.4. The summed E-state index contributed by atoms with van der Waals surface area (Å²) < 4.78 is 7.87. The topological polar surface area (TPSA) is 67.7 Å². The lowest BCUT2D eigenvalue weighted by Gasteiger charge is -2.11. The largest absolute Gasteiger partial charge is 0.486 e. The van der Waals surface area contributed by atoms with E-state index < -0.39 is 0 Å². The third-order valence-electron chi connectivity index (χ3n) is 4.07. The number of hydrogen-bond acceptors (Lipinski definition) is 4. The molecule has 2 aromatic heterocycles. The Kier molecular flexibility index (Phi) is 9.79. The first-order valence-corrected chi connectivity index (χ1v) is 8.83. The number of benzene rings is 1. The van der Waals surface area contributed by atoms with Crippen LogP contribution in [0.25, 0.3) is 5.65 Å². The number of likely N-dealkylation sites (N-methyl/N-ethyl adjacent to an activating group) is 1. The maximum absolute atomic E-state index is 12.4. The number of carbonyl (C=O) groups is 1. The van der Waals surface area contributed by atoms with E-state index in [1.165, 1.54) is 0 Å². The molecule has 0 aliphatic rings. The molecule has 0 aliphatic carbocycles. The molecule has 28 heavy (non-hydrogen) atoms. The first-order chi connectivity index (χ1) is 12.7. The lowest BCUT2D eigenvalue weighted by Crippen LogP contribution is -2.31. The highest BCUT2D eigenvalue weighted by Gasteiger charge is 2.12. The van der Waals surface area contributed by atoms with Crippen molar-refractivity contribution in [1.82, 2.24) is 20.0 Å². The van der Waals surface area contributed by atoms with Crippen LogP contribution in [0, 0.1) is 6.92 Å². The molecule has 3 rings (SSSR count). The molecule has 0 unspecified atom stereocenters. The van der Waals surface area contributed by atoms with Crippen molar-refractivity contribution in [3.05, 3.63) is 65.6 Å². The first-order valence-electron chi connectivity index (χ1n) is 8.83. The van der Waals surface area contributed by atoms with E-state index in [1.807, 2.05) is 54.9 Å². The Bertz CT molecular complexity index is 899. The number of para-hydroxylation sites is 1. The fourth-order valence-corrected chi connectivity index (χ4v) is 2.74. The zero-order valence-corrected chi connectivity index (χ0v) is 17.6. The molecular weight excluding hydrogens is 399 g/mol. The summed E-state index contributed by atoms with van der Waals surface area (Å²) >= 11 is 0. The molecule has 2 heterocycles.